The number of hydrogen-bond acceptors (Lipinski definition) is 5. The van der Waals surface area contributed by atoms with Crippen molar-refractivity contribution in [3.63, 3.8) is 0 Å². The number of rotatable bonds is 6. The molecule has 0 aliphatic heterocycles. The molecule has 3 N–H and O–H groups in total. The fraction of sp³-hybridized carbons (Fsp3) is 0.150. The molecule has 2 aromatic carbocycles. The lowest BCUT2D eigenvalue weighted by Gasteiger charge is -2.10. The van der Waals surface area contributed by atoms with E-state index in [9.17, 15) is 9.59 Å². The van der Waals surface area contributed by atoms with Gasteiger partial charge in [-0.05, 0) is 44.2 Å². The van der Waals surface area contributed by atoms with Crippen LogP contribution in [0.3, 0.4) is 0 Å². The third kappa shape index (κ3) is 4.14. The van der Waals surface area contributed by atoms with Crippen LogP contribution >= 0.6 is 0 Å². The van der Waals surface area contributed by atoms with Gasteiger partial charge in [0.25, 0.3) is 11.8 Å². The Morgan fingerprint density at radius 2 is 1.93 bits per heavy atom. The topological polar surface area (TPSA) is 107 Å². The zero-order chi connectivity index (χ0) is 19.4. The fourth-order valence-electron chi connectivity index (χ4n) is 2.59. The molecule has 0 atom stereocenters. The quantitative estimate of drug-likeness (QED) is 0.697. The minimum absolute atomic E-state index is 0.247. The second-order valence-corrected chi connectivity index (χ2v) is 5.98. The molecule has 0 unspecified atom stereocenters. The molecule has 0 spiro atoms. The number of aromatic nitrogens is 1. The minimum atomic E-state index is -0.609. The van der Waals surface area contributed by atoms with Crippen molar-refractivity contribution in [1.82, 2.24) is 5.16 Å². The fourth-order valence-corrected chi connectivity index (χ4v) is 2.59. The zero-order valence-corrected chi connectivity index (χ0v) is 15.0. The van der Waals surface area contributed by atoms with E-state index in [2.05, 4.69) is 10.5 Å². The summed E-state index contributed by atoms with van der Waals surface area (Å²) in [7, 11) is 0. The number of carbonyl (C=O) groups is 2. The van der Waals surface area contributed by atoms with Gasteiger partial charge in [0.15, 0.2) is 0 Å². The molecule has 0 aliphatic rings. The molecule has 0 fully saturated rings. The van der Waals surface area contributed by atoms with E-state index in [0.29, 0.717) is 22.8 Å². The van der Waals surface area contributed by atoms with Crippen molar-refractivity contribution in [2.45, 2.75) is 20.5 Å². The second-order valence-electron chi connectivity index (χ2n) is 5.98. The Morgan fingerprint density at radius 3 is 2.63 bits per heavy atom. The Bertz CT molecular complexity index is 975. The number of benzene rings is 2. The summed E-state index contributed by atoms with van der Waals surface area (Å²) in [5.74, 6) is 0.254. The van der Waals surface area contributed by atoms with Crippen LogP contribution in [-0.2, 0) is 6.61 Å². The van der Waals surface area contributed by atoms with Crippen molar-refractivity contribution in [3.8, 4) is 5.75 Å². The number of primary amides is 1. The number of amides is 2. The van der Waals surface area contributed by atoms with E-state index in [0.717, 1.165) is 11.3 Å². The molecule has 138 valence electrons. The Hall–Kier alpha value is -3.61. The number of nitrogens with one attached hydrogen (secondary N) is 1. The third-order valence-electron chi connectivity index (χ3n) is 4.10. The van der Waals surface area contributed by atoms with Crippen LogP contribution in [0, 0.1) is 13.8 Å². The molecule has 2 amide bonds. The van der Waals surface area contributed by atoms with E-state index >= 15 is 0 Å². The zero-order valence-electron chi connectivity index (χ0n) is 15.0. The van der Waals surface area contributed by atoms with Gasteiger partial charge in [0.05, 0.1) is 22.5 Å². The lowest BCUT2D eigenvalue weighted by atomic mass is 10.1. The molecule has 0 saturated heterocycles. The van der Waals surface area contributed by atoms with Crippen LogP contribution in [0.15, 0.2) is 53.1 Å². The van der Waals surface area contributed by atoms with Crippen LogP contribution in [-0.4, -0.2) is 17.0 Å². The highest BCUT2D eigenvalue weighted by Crippen LogP contribution is 2.20. The van der Waals surface area contributed by atoms with E-state index in [1.807, 2.05) is 13.8 Å². The molecule has 7 nitrogen and oxygen atoms in total. The third-order valence-corrected chi connectivity index (χ3v) is 4.10. The van der Waals surface area contributed by atoms with Crippen LogP contribution in [0.5, 0.6) is 5.75 Å². The first-order valence-electron chi connectivity index (χ1n) is 8.30. The molecule has 7 heteroatoms. The van der Waals surface area contributed by atoms with Gasteiger partial charge < -0.3 is 20.3 Å². The van der Waals surface area contributed by atoms with Gasteiger partial charge >= 0.3 is 0 Å². The summed E-state index contributed by atoms with van der Waals surface area (Å²) >= 11 is 0. The van der Waals surface area contributed by atoms with Gasteiger partial charge in [-0.25, -0.2) is 0 Å². The number of anilines is 1. The predicted octanol–water partition coefficient (Wildman–Crippen LogP) is 3.22. The van der Waals surface area contributed by atoms with Gasteiger partial charge in [-0.2, -0.15) is 0 Å². The predicted molar refractivity (Wildman–Crippen MR) is 99.7 cm³/mol. The van der Waals surface area contributed by atoms with Crippen LogP contribution < -0.4 is 15.8 Å². The summed E-state index contributed by atoms with van der Waals surface area (Å²) in [5.41, 5.74) is 7.98. The number of aryl methyl sites for hydroxylation is 2. The van der Waals surface area contributed by atoms with Gasteiger partial charge in [-0.3, -0.25) is 9.59 Å². The van der Waals surface area contributed by atoms with Crippen LogP contribution in [0.1, 0.15) is 37.7 Å². The van der Waals surface area contributed by atoms with E-state index in [4.69, 9.17) is 15.0 Å². The van der Waals surface area contributed by atoms with Crippen molar-refractivity contribution in [2.75, 3.05) is 5.32 Å². The highest BCUT2D eigenvalue weighted by molar-refractivity contribution is 6.08. The van der Waals surface area contributed by atoms with Crippen molar-refractivity contribution in [2.24, 2.45) is 5.73 Å². The first-order chi connectivity index (χ1) is 13.0. The molecule has 3 aromatic rings. The Morgan fingerprint density at radius 1 is 1.15 bits per heavy atom. The Kier molecular flexibility index (Phi) is 5.21. The number of hydrogen-bond donors (Lipinski definition) is 2. The Labute approximate surface area is 156 Å². The average Bonchev–Trinajstić information content (AvgIpc) is 2.98. The van der Waals surface area contributed by atoms with Crippen molar-refractivity contribution < 1.29 is 18.8 Å². The highest BCUT2D eigenvalue weighted by atomic mass is 16.5. The molecule has 0 radical (unpaired) electrons. The summed E-state index contributed by atoms with van der Waals surface area (Å²) in [6, 6.07) is 13.3. The molecular formula is C20H19N3O4. The smallest absolute Gasteiger partial charge is 0.255 e. The lowest BCUT2D eigenvalue weighted by molar-refractivity contribution is 0.100. The van der Waals surface area contributed by atoms with E-state index in [-0.39, 0.29) is 18.1 Å². The maximum absolute atomic E-state index is 12.5. The van der Waals surface area contributed by atoms with Crippen LogP contribution in [0.4, 0.5) is 5.69 Å². The summed E-state index contributed by atoms with van der Waals surface area (Å²) in [5, 5.41) is 6.59. The first kappa shape index (κ1) is 18.2. The number of para-hydroxylation sites is 1. The SMILES string of the molecule is Cc1noc(C)c1COc1cccc(C(=O)Nc2ccccc2C(N)=O)c1. The summed E-state index contributed by atoms with van der Waals surface area (Å²) in [4.78, 5) is 24.0. The van der Waals surface area contributed by atoms with Crippen LogP contribution in [0.2, 0.25) is 0 Å². The van der Waals surface area contributed by atoms with Crippen molar-refractivity contribution >= 4 is 17.5 Å². The molecule has 0 aliphatic carbocycles. The summed E-state index contributed by atoms with van der Waals surface area (Å²) in [6.45, 7) is 3.95. The number of ether oxygens (including phenoxy) is 1. The maximum Gasteiger partial charge on any atom is 0.255 e. The molecule has 3 rings (SSSR count). The molecule has 0 saturated carbocycles. The van der Waals surface area contributed by atoms with E-state index in [1.54, 1.807) is 48.5 Å². The maximum atomic E-state index is 12.5. The lowest BCUT2D eigenvalue weighted by Crippen LogP contribution is -2.18. The number of nitrogens with two attached hydrogens (primary N) is 1. The summed E-state index contributed by atoms with van der Waals surface area (Å²) < 4.78 is 10.9. The van der Waals surface area contributed by atoms with Gasteiger partial charge in [0.1, 0.15) is 18.1 Å². The normalized spacial score (nSPS) is 10.4. The monoisotopic (exact) mass is 365 g/mol. The standard InChI is InChI=1S/C20H19N3O4/c1-12-17(13(2)27-23-12)11-26-15-7-5-6-14(10-15)20(25)22-18-9-4-3-8-16(18)19(21)24/h3-10H,11H2,1-2H3,(H2,21,24)(H,22,25). The largest absolute Gasteiger partial charge is 0.489 e. The second kappa shape index (κ2) is 7.74. The highest BCUT2D eigenvalue weighted by Gasteiger charge is 2.13. The minimum Gasteiger partial charge on any atom is -0.489 e. The first-order valence-corrected chi connectivity index (χ1v) is 8.30. The Balaban J connectivity index is 1.73. The number of nitrogens with zero attached hydrogens (tertiary/aromatic N) is 1. The average molecular weight is 365 g/mol. The molecule has 1 heterocycles. The van der Waals surface area contributed by atoms with Crippen LogP contribution in [0.25, 0.3) is 0 Å². The van der Waals surface area contributed by atoms with Gasteiger partial charge in [0.2, 0.25) is 0 Å². The molecule has 0 bridgehead atoms. The van der Waals surface area contributed by atoms with E-state index < -0.39 is 5.91 Å². The summed E-state index contributed by atoms with van der Waals surface area (Å²) in [6.07, 6.45) is 0. The van der Waals surface area contributed by atoms with Crippen molar-refractivity contribution in [3.05, 3.63) is 76.7 Å². The van der Waals surface area contributed by atoms with Gasteiger partial charge in [0, 0.05) is 5.56 Å². The van der Waals surface area contributed by atoms with Gasteiger partial charge in [-0.15, -0.1) is 0 Å². The molecule has 1 aromatic heterocycles. The molecule has 27 heavy (non-hydrogen) atoms. The van der Waals surface area contributed by atoms with Crippen molar-refractivity contribution in [1.29, 1.82) is 0 Å². The molecular weight excluding hydrogens is 346 g/mol. The van der Waals surface area contributed by atoms with Gasteiger partial charge in [-0.1, -0.05) is 23.4 Å². The van der Waals surface area contributed by atoms with E-state index in [1.165, 1.54) is 0 Å². The number of carbonyl (C=O) groups excluding carboxylic acids is 2.